The molecule has 0 fully saturated rings. The monoisotopic (exact) mass is 425 g/mol. The van der Waals surface area contributed by atoms with Crippen LogP contribution in [-0.4, -0.2) is 56.2 Å². The zero-order valence-electron chi connectivity index (χ0n) is 14.3. The Labute approximate surface area is 156 Å². The Hall–Kier alpha value is -1.77. The average molecular weight is 426 g/mol. The van der Waals surface area contributed by atoms with E-state index in [4.69, 9.17) is 0 Å². The van der Waals surface area contributed by atoms with Crippen molar-refractivity contribution in [2.24, 2.45) is 0 Å². The van der Waals surface area contributed by atoms with Gasteiger partial charge in [0.15, 0.2) is 0 Å². The number of likely N-dealkylation sites (N-methyl/N-ethyl adjacent to an activating group) is 1. The van der Waals surface area contributed by atoms with Crippen LogP contribution in [0.4, 0.5) is 0 Å². The van der Waals surface area contributed by atoms with Crippen molar-refractivity contribution in [3.05, 3.63) is 58.3 Å². The third-order valence-corrected chi connectivity index (χ3v) is 6.52. The summed E-state index contributed by atoms with van der Waals surface area (Å²) in [5.74, 6) is -0.237. The number of pyridine rings is 1. The molecule has 8 heteroatoms. The van der Waals surface area contributed by atoms with Crippen LogP contribution < -0.4 is 0 Å². The Kier molecular flexibility index (Phi) is 6.31. The summed E-state index contributed by atoms with van der Waals surface area (Å²) in [5, 5.41) is 0. The first-order chi connectivity index (χ1) is 11.7. The minimum Gasteiger partial charge on any atom is -0.341 e. The third kappa shape index (κ3) is 4.65. The lowest BCUT2D eigenvalue weighted by atomic mass is 10.2. The van der Waals surface area contributed by atoms with E-state index in [1.54, 1.807) is 30.3 Å². The minimum absolute atomic E-state index is 0.0708. The molecule has 0 saturated heterocycles. The summed E-state index contributed by atoms with van der Waals surface area (Å²) in [6.45, 7) is 0.488. The van der Waals surface area contributed by atoms with E-state index in [1.807, 2.05) is 18.2 Å². The number of carbonyl (C=O) groups excluding carboxylic acids is 1. The van der Waals surface area contributed by atoms with Gasteiger partial charge in [0.05, 0.1) is 4.90 Å². The van der Waals surface area contributed by atoms with Crippen molar-refractivity contribution >= 4 is 31.9 Å². The van der Waals surface area contributed by atoms with Crippen LogP contribution in [0.25, 0.3) is 0 Å². The number of rotatable bonds is 6. The van der Waals surface area contributed by atoms with E-state index in [0.29, 0.717) is 23.0 Å². The Morgan fingerprint density at radius 2 is 1.88 bits per heavy atom. The van der Waals surface area contributed by atoms with Gasteiger partial charge in [-0.05, 0) is 46.3 Å². The molecule has 0 saturated carbocycles. The summed E-state index contributed by atoms with van der Waals surface area (Å²) in [4.78, 5) is 18.5. The van der Waals surface area contributed by atoms with Crippen molar-refractivity contribution < 1.29 is 13.2 Å². The van der Waals surface area contributed by atoms with Crippen LogP contribution in [0.5, 0.6) is 0 Å². The average Bonchev–Trinajstić information content (AvgIpc) is 2.60. The zero-order valence-corrected chi connectivity index (χ0v) is 16.7. The molecule has 1 aromatic heterocycles. The molecular weight excluding hydrogens is 406 g/mol. The van der Waals surface area contributed by atoms with Gasteiger partial charge in [-0.25, -0.2) is 12.7 Å². The molecule has 2 aromatic rings. The summed E-state index contributed by atoms with van der Waals surface area (Å²) >= 11 is 3.24. The molecule has 0 atom stereocenters. The van der Waals surface area contributed by atoms with Crippen LogP contribution in [0, 0.1) is 0 Å². The quantitative estimate of drug-likeness (QED) is 0.712. The lowest BCUT2D eigenvalue weighted by Gasteiger charge is -2.18. The van der Waals surface area contributed by atoms with E-state index < -0.39 is 10.0 Å². The third-order valence-electron chi connectivity index (χ3n) is 3.71. The predicted molar refractivity (Wildman–Crippen MR) is 99.9 cm³/mol. The maximum Gasteiger partial charge on any atom is 0.253 e. The Balaban J connectivity index is 2.19. The number of halogens is 1. The first kappa shape index (κ1) is 19.6. The number of carbonyl (C=O) groups is 1. The van der Waals surface area contributed by atoms with Crippen molar-refractivity contribution in [2.75, 3.05) is 27.7 Å². The summed E-state index contributed by atoms with van der Waals surface area (Å²) in [7, 11) is 0.956. The highest BCUT2D eigenvalue weighted by molar-refractivity contribution is 9.10. The molecule has 0 N–H and O–H groups in total. The number of amides is 1. The van der Waals surface area contributed by atoms with Crippen LogP contribution in [0.2, 0.25) is 0 Å². The van der Waals surface area contributed by atoms with Gasteiger partial charge >= 0.3 is 0 Å². The van der Waals surface area contributed by atoms with Crippen molar-refractivity contribution in [2.45, 2.75) is 11.3 Å². The van der Waals surface area contributed by atoms with Crippen LogP contribution in [-0.2, 0) is 16.4 Å². The molecule has 2 rings (SSSR count). The van der Waals surface area contributed by atoms with E-state index in [0.717, 1.165) is 10.00 Å². The summed E-state index contributed by atoms with van der Waals surface area (Å²) < 4.78 is 26.3. The molecule has 0 radical (unpaired) electrons. The zero-order chi connectivity index (χ0) is 18.6. The fraction of sp³-hybridized carbons (Fsp3) is 0.294. The van der Waals surface area contributed by atoms with E-state index in [9.17, 15) is 13.2 Å². The van der Waals surface area contributed by atoms with Crippen molar-refractivity contribution in [1.82, 2.24) is 14.2 Å². The van der Waals surface area contributed by atoms with E-state index in [1.165, 1.54) is 20.2 Å². The SMILES string of the molecule is CN(CCc1ccccn1)C(=O)c1ccc(Br)c(S(=O)(=O)N(C)C)c1. The lowest BCUT2D eigenvalue weighted by molar-refractivity contribution is 0.0796. The Bertz CT molecular complexity index is 855. The van der Waals surface area contributed by atoms with Crippen LogP contribution in [0.15, 0.2) is 52.0 Å². The van der Waals surface area contributed by atoms with Gasteiger partial charge in [0.1, 0.15) is 0 Å². The van der Waals surface area contributed by atoms with Gasteiger partial charge < -0.3 is 4.90 Å². The van der Waals surface area contributed by atoms with Crippen molar-refractivity contribution in [3.8, 4) is 0 Å². The molecule has 1 amide bonds. The maximum absolute atomic E-state index is 12.6. The van der Waals surface area contributed by atoms with Crippen LogP contribution >= 0.6 is 15.9 Å². The molecule has 134 valence electrons. The van der Waals surface area contributed by atoms with Gasteiger partial charge in [-0.1, -0.05) is 6.07 Å². The summed E-state index contributed by atoms with van der Waals surface area (Å²) in [5.41, 5.74) is 1.22. The molecule has 1 aromatic carbocycles. The fourth-order valence-corrected chi connectivity index (χ4v) is 4.03. The van der Waals surface area contributed by atoms with Gasteiger partial charge in [-0.15, -0.1) is 0 Å². The smallest absolute Gasteiger partial charge is 0.253 e. The largest absolute Gasteiger partial charge is 0.341 e. The Morgan fingerprint density at radius 3 is 2.48 bits per heavy atom. The number of hydrogen-bond donors (Lipinski definition) is 0. The van der Waals surface area contributed by atoms with Gasteiger partial charge in [0, 0.05) is 56.0 Å². The van der Waals surface area contributed by atoms with Crippen LogP contribution in [0.3, 0.4) is 0 Å². The second-order valence-corrected chi connectivity index (χ2v) is 8.71. The maximum atomic E-state index is 12.6. The van der Waals surface area contributed by atoms with Crippen LogP contribution in [0.1, 0.15) is 16.1 Å². The number of sulfonamides is 1. The molecule has 0 unspecified atom stereocenters. The summed E-state index contributed by atoms with van der Waals surface area (Å²) in [6, 6.07) is 10.2. The second kappa shape index (κ2) is 8.07. The Morgan fingerprint density at radius 1 is 1.16 bits per heavy atom. The topological polar surface area (TPSA) is 70.6 Å². The fourth-order valence-electron chi connectivity index (χ4n) is 2.18. The number of benzene rings is 1. The standard InChI is InChI=1S/C17H20BrN3O3S/c1-20(2)25(23,24)16-12-13(7-8-15(16)18)17(22)21(3)11-9-14-6-4-5-10-19-14/h4-8,10,12H,9,11H2,1-3H3. The molecule has 1 heterocycles. The molecule has 25 heavy (non-hydrogen) atoms. The molecule has 0 bridgehead atoms. The molecule has 0 aliphatic rings. The molecule has 0 aliphatic heterocycles. The normalized spacial score (nSPS) is 11.6. The molecular formula is C17H20BrN3O3S. The van der Waals surface area contributed by atoms with E-state index in [-0.39, 0.29) is 10.8 Å². The van der Waals surface area contributed by atoms with E-state index in [2.05, 4.69) is 20.9 Å². The first-order valence-electron chi connectivity index (χ1n) is 7.61. The van der Waals surface area contributed by atoms with Crippen molar-refractivity contribution in [1.29, 1.82) is 0 Å². The highest BCUT2D eigenvalue weighted by atomic mass is 79.9. The minimum atomic E-state index is -3.64. The summed E-state index contributed by atoms with van der Waals surface area (Å²) in [6.07, 6.45) is 2.34. The highest BCUT2D eigenvalue weighted by Gasteiger charge is 2.23. The highest BCUT2D eigenvalue weighted by Crippen LogP contribution is 2.25. The second-order valence-electron chi connectivity index (χ2n) is 5.73. The number of nitrogens with zero attached hydrogens (tertiary/aromatic N) is 3. The van der Waals surface area contributed by atoms with Crippen molar-refractivity contribution in [3.63, 3.8) is 0 Å². The van der Waals surface area contributed by atoms with Gasteiger partial charge in [0.2, 0.25) is 10.0 Å². The lowest BCUT2D eigenvalue weighted by Crippen LogP contribution is -2.29. The van der Waals surface area contributed by atoms with Gasteiger partial charge in [0.25, 0.3) is 5.91 Å². The predicted octanol–water partition coefficient (Wildman–Crippen LogP) is 2.41. The molecule has 0 aliphatic carbocycles. The molecule has 0 spiro atoms. The first-order valence-corrected chi connectivity index (χ1v) is 9.84. The van der Waals surface area contributed by atoms with Gasteiger partial charge in [-0.3, -0.25) is 9.78 Å². The molecule has 6 nitrogen and oxygen atoms in total. The number of aromatic nitrogens is 1. The van der Waals surface area contributed by atoms with Gasteiger partial charge in [-0.2, -0.15) is 0 Å². The number of hydrogen-bond acceptors (Lipinski definition) is 4. The van der Waals surface area contributed by atoms with E-state index >= 15 is 0 Å².